The Morgan fingerprint density at radius 2 is 2.14 bits per heavy atom. The van der Waals surface area contributed by atoms with Crippen LogP contribution >= 0.6 is 0 Å². The molecule has 0 fully saturated rings. The van der Waals surface area contributed by atoms with Crippen LogP contribution in [0, 0.1) is 0 Å². The summed E-state index contributed by atoms with van der Waals surface area (Å²) in [7, 11) is 1.71. The van der Waals surface area contributed by atoms with Gasteiger partial charge in [0.25, 0.3) is 0 Å². The third-order valence-electron chi connectivity index (χ3n) is 4.26. The van der Waals surface area contributed by atoms with E-state index in [4.69, 9.17) is 5.73 Å². The van der Waals surface area contributed by atoms with E-state index in [1.165, 1.54) is 43.2 Å². The monoisotopic (exact) mass is 288 g/mol. The normalized spacial score (nSPS) is 18.8. The van der Waals surface area contributed by atoms with Crippen molar-refractivity contribution in [3.8, 4) is 0 Å². The summed E-state index contributed by atoms with van der Waals surface area (Å²) in [4.78, 5) is 6.43. The molecule has 4 nitrogen and oxygen atoms in total. The molecule has 1 aromatic carbocycles. The van der Waals surface area contributed by atoms with Crippen LogP contribution in [0.1, 0.15) is 56.2 Å². The first kappa shape index (κ1) is 15.8. The molecule has 3 N–H and O–H groups in total. The Morgan fingerprint density at radius 1 is 1.33 bits per heavy atom. The number of nitrogens with two attached hydrogens (primary N) is 1. The first-order chi connectivity index (χ1) is 10.3. The highest BCUT2D eigenvalue weighted by Crippen LogP contribution is 2.36. The van der Waals surface area contributed by atoms with Gasteiger partial charge >= 0.3 is 0 Å². The van der Waals surface area contributed by atoms with Gasteiger partial charge in [0, 0.05) is 19.6 Å². The van der Waals surface area contributed by atoms with Crippen LogP contribution in [0.3, 0.4) is 0 Å². The molecule has 0 aliphatic carbocycles. The van der Waals surface area contributed by atoms with Crippen molar-refractivity contribution < 1.29 is 0 Å². The van der Waals surface area contributed by atoms with Gasteiger partial charge < -0.3 is 11.1 Å². The van der Waals surface area contributed by atoms with E-state index in [0.717, 1.165) is 13.2 Å². The number of hydrogen-bond donors (Lipinski definition) is 2. The van der Waals surface area contributed by atoms with Gasteiger partial charge in [-0.2, -0.15) is 0 Å². The highest BCUT2D eigenvalue weighted by molar-refractivity contribution is 5.77. The Labute approximate surface area is 128 Å². The van der Waals surface area contributed by atoms with Crippen molar-refractivity contribution in [2.45, 2.75) is 51.6 Å². The second kappa shape index (κ2) is 8.03. The van der Waals surface area contributed by atoms with E-state index in [-0.39, 0.29) is 0 Å². The molecular weight excluding hydrogens is 260 g/mol. The standard InChI is InChI=1S/C17H28N4/c1-3-4-5-6-11-16-15-10-8-7-9-14(15)12-21(16)13-20-17(18)19-2/h7-10,16H,3-6,11-13H2,1-2H3,(H3,18,19,20). The lowest BCUT2D eigenvalue weighted by atomic mass is 9.99. The molecule has 4 heteroatoms. The van der Waals surface area contributed by atoms with Gasteiger partial charge in [0.05, 0.1) is 6.67 Å². The second-order valence-electron chi connectivity index (χ2n) is 5.75. The first-order valence-corrected chi connectivity index (χ1v) is 8.04. The van der Waals surface area contributed by atoms with Crippen LogP contribution in [0.5, 0.6) is 0 Å². The van der Waals surface area contributed by atoms with E-state index in [9.17, 15) is 0 Å². The summed E-state index contributed by atoms with van der Waals surface area (Å²) in [6.07, 6.45) is 6.47. The molecular formula is C17H28N4. The molecule has 0 amide bonds. The molecule has 0 spiro atoms. The number of nitrogens with zero attached hydrogens (tertiary/aromatic N) is 2. The lowest BCUT2D eigenvalue weighted by Crippen LogP contribution is -2.40. The first-order valence-electron chi connectivity index (χ1n) is 8.04. The molecule has 0 radical (unpaired) electrons. The number of unbranched alkanes of at least 4 members (excludes halogenated alkanes) is 3. The van der Waals surface area contributed by atoms with Crippen LogP contribution in [0.25, 0.3) is 0 Å². The predicted octanol–water partition coefficient (Wildman–Crippen LogP) is 3.01. The van der Waals surface area contributed by atoms with E-state index in [2.05, 4.69) is 46.4 Å². The molecule has 1 heterocycles. The Balaban J connectivity index is 1.99. The summed E-state index contributed by atoms with van der Waals surface area (Å²) in [5.74, 6) is 0.510. The molecule has 1 aliphatic heterocycles. The summed E-state index contributed by atoms with van der Waals surface area (Å²) in [6.45, 7) is 4.02. The third-order valence-corrected chi connectivity index (χ3v) is 4.26. The van der Waals surface area contributed by atoms with Gasteiger partial charge in [0.2, 0.25) is 0 Å². The maximum atomic E-state index is 5.75. The summed E-state index contributed by atoms with van der Waals surface area (Å²) in [6, 6.07) is 9.31. The minimum atomic E-state index is 0.509. The van der Waals surface area contributed by atoms with Crippen molar-refractivity contribution in [1.82, 2.24) is 10.2 Å². The Bertz CT molecular complexity index is 470. The molecule has 2 rings (SSSR count). The van der Waals surface area contributed by atoms with E-state index in [1.807, 2.05) is 0 Å². The van der Waals surface area contributed by atoms with Gasteiger partial charge in [-0.25, -0.2) is 0 Å². The topological polar surface area (TPSA) is 53.6 Å². The van der Waals surface area contributed by atoms with Gasteiger partial charge in [-0.05, 0) is 17.5 Å². The zero-order chi connectivity index (χ0) is 15.1. The van der Waals surface area contributed by atoms with Crippen molar-refractivity contribution in [1.29, 1.82) is 0 Å². The van der Waals surface area contributed by atoms with E-state index < -0.39 is 0 Å². The van der Waals surface area contributed by atoms with E-state index in [0.29, 0.717) is 12.0 Å². The smallest absolute Gasteiger partial charge is 0.189 e. The van der Waals surface area contributed by atoms with Crippen LogP contribution in [0.2, 0.25) is 0 Å². The largest absolute Gasteiger partial charge is 0.370 e. The minimum absolute atomic E-state index is 0.509. The van der Waals surface area contributed by atoms with Gasteiger partial charge in [-0.3, -0.25) is 9.89 Å². The number of nitrogens with one attached hydrogen (secondary N) is 1. The van der Waals surface area contributed by atoms with Crippen LogP contribution in [0.15, 0.2) is 29.3 Å². The number of hydrogen-bond acceptors (Lipinski definition) is 2. The molecule has 0 aromatic heterocycles. The second-order valence-corrected chi connectivity index (χ2v) is 5.75. The Kier molecular flexibility index (Phi) is 6.05. The average molecular weight is 288 g/mol. The van der Waals surface area contributed by atoms with Crippen molar-refractivity contribution in [2.24, 2.45) is 10.7 Å². The summed E-state index contributed by atoms with van der Waals surface area (Å²) >= 11 is 0. The van der Waals surface area contributed by atoms with Crippen molar-refractivity contribution in [2.75, 3.05) is 13.7 Å². The fourth-order valence-electron chi connectivity index (χ4n) is 3.06. The van der Waals surface area contributed by atoms with Crippen LogP contribution < -0.4 is 11.1 Å². The third kappa shape index (κ3) is 4.21. The van der Waals surface area contributed by atoms with Gasteiger partial charge in [0.1, 0.15) is 0 Å². The number of guanidine groups is 1. The molecule has 0 saturated carbocycles. The lowest BCUT2D eigenvalue weighted by molar-refractivity contribution is 0.197. The molecule has 0 bridgehead atoms. The molecule has 1 aromatic rings. The highest BCUT2D eigenvalue weighted by Gasteiger charge is 2.28. The van der Waals surface area contributed by atoms with E-state index in [1.54, 1.807) is 7.05 Å². The van der Waals surface area contributed by atoms with Gasteiger partial charge in [0.15, 0.2) is 5.96 Å². The quantitative estimate of drug-likeness (QED) is 0.461. The van der Waals surface area contributed by atoms with E-state index >= 15 is 0 Å². The molecule has 1 unspecified atom stereocenters. The van der Waals surface area contributed by atoms with Crippen LogP contribution in [-0.2, 0) is 6.54 Å². The number of rotatable bonds is 7. The van der Waals surface area contributed by atoms with Gasteiger partial charge in [-0.1, -0.05) is 56.9 Å². The van der Waals surface area contributed by atoms with Crippen molar-refractivity contribution in [3.63, 3.8) is 0 Å². The van der Waals surface area contributed by atoms with Crippen molar-refractivity contribution >= 4 is 5.96 Å². The summed E-state index contributed by atoms with van der Waals surface area (Å²) in [5.41, 5.74) is 8.69. The fourth-order valence-corrected chi connectivity index (χ4v) is 3.06. The number of fused-ring (bicyclic) bond motifs is 1. The molecule has 0 saturated heterocycles. The average Bonchev–Trinajstić information content (AvgIpc) is 2.87. The molecule has 21 heavy (non-hydrogen) atoms. The van der Waals surface area contributed by atoms with Crippen LogP contribution in [-0.4, -0.2) is 24.6 Å². The summed E-state index contributed by atoms with van der Waals surface area (Å²) < 4.78 is 0. The lowest BCUT2D eigenvalue weighted by Gasteiger charge is -2.25. The maximum Gasteiger partial charge on any atom is 0.189 e. The zero-order valence-corrected chi connectivity index (χ0v) is 13.3. The van der Waals surface area contributed by atoms with Gasteiger partial charge in [-0.15, -0.1) is 0 Å². The van der Waals surface area contributed by atoms with Crippen molar-refractivity contribution in [3.05, 3.63) is 35.4 Å². The Morgan fingerprint density at radius 3 is 2.90 bits per heavy atom. The van der Waals surface area contributed by atoms with Crippen LogP contribution in [0.4, 0.5) is 0 Å². The molecule has 1 aliphatic rings. The maximum absolute atomic E-state index is 5.75. The minimum Gasteiger partial charge on any atom is -0.370 e. The number of benzene rings is 1. The fraction of sp³-hybridized carbons (Fsp3) is 0.588. The molecule has 116 valence electrons. The number of aliphatic imine (C=N–C) groups is 1. The zero-order valence-electron chi connectivity index (χ0n) is 13.3. The molecule has 1 atom stereocenters. The predicted molar refractivity (Wildman–Crippen MR) is 89.0 cm³/mol. The highest BCUT2D eigenvalue weighted by atomic mass is 15.3. The SMILES string of the molecule is CCCCCCC1c2ccccc2CN1CNC(N)=NC. The Hall–Kier alpha value is -1.55. The summed E-state index contributed by atoms with van der Waals surface area (Å²) in [5, 5.41) is 3.19.